The van der Waals surface area contributed by atoms with Crippen LogP contribution in [0.3, 0.4) is 0 Å². The zero-order valence-corrected chi connectivity index (χ0v) is 11.8. The van der Waals surface area contributed by atoms with Gasteiger partial charge in [-0.05, 0) is 25.7 Å². The van der Waals surface area contributed by atoms with Crippen molar-refractivity contribution in [1.82, 2.24) is 14.8 Å². The van der Waals surface area contributed by atoms with E-state index in [1.807, 2.05) is 0 Å². The molecule has 9 heteroatoms. The number of rotatable bonds is 3. The predicted octanol–water partition coefficient (Wildman–Crippen LogP) is -0.715. The second-order valence-electron chi connectivity index (χ2n) is 5.00. The Hall–Kier alpha value is -1.61. The number of aromatic amines is 1. The van der Waals surface area contributed by atoms with Gasteiger partial charge in [0.15, 0.2) is 5.16 Å². The highest BCUT2D eigenvalue weighted by molar-refractivity contribution is 7.99. The lowest BCUT2D eigenvalue weighted by atomic mass is 9.82. The summed E-state index contributed by atoms with van der Waals surface area (Å²) in [5.74, 6) is -1.01. The van der Waals surface area contributed by atoms with Crippen LogP contribution in [-0.4, -0.2) is 36.6 Å². The Bertz CT molecular complexity index is 640. The molecule has 0 amide bonds. The zero-order valence-electron chi connectivity index (χ0n) is 11.0. The van der Waals surface area contributed by atoms with Crippen LogP contribution in [0.1, 0.15) is 25.7 Å². The standard InChI is InChI=1S/C11H16N4O4S/c1-15-10(13-7(16)8(17)14-15)20-6-3-2-4-11(12,5-6)9(18)19/h6H,2-5,12H2,1H3,(H,14,17)(H,18,19). The second-order valence-corrected chi connectivity index (χ2v) is 6.26. The van der Waals surface area contributed by atoms with Crippen molar-refractivity contribution in [3.63, 3.8) is 0 Å². The number of carboxylic acid groups (broad SMARTS) is 1. The number of carboxylic acids is 1. The first-order valence-corrected chi connectivity index (χ1v) is 7.06. The lowest BCUT2D eigenvalue weighted by Crippen LogP contribution is -2.52. The average Bonchev–Trinajstić information content (AvgIpc) is 2.36. The van der Waals surface area contributed by atoms with Gasteiger partial charge in [-0.2, -0.15) is 4.98 Å². The number of nitrogens with zero attached hydrogens (tertiary/aromatic N) is 2. The van der Waals surface area contributed by atoms with Gasteiger partial charge in [-0.15, -0.1) is 0 Å². The van der Waals surface area contributed by atoms with Crippen LogP contribution < -0.4 is 16.9 Å². The maximum absolute atomic E-state index is 11.3. The molecule has 0 bridgehead atoms. The minimum atomic E-state index is -1.23. The molecule has 4 N–H and O–H groups in total. The molecule has 2 unspecified atom stereocenters. The summed E-state index contributed by atoms with van der Waals surface area (Å²) in [5, 5.41) is 11.8. The van der Waals surface area contributed by atoms with Crippen LogP contribution in [0.15, 0.2) is 14.7 Å². The first kappa shape index (κ1) is 14.8. The zero-order chi connectivity index (χ0) is 14.9. The average molecular weight is 300 g/mol. The molecule has 2 rings (SSSR count). The Morgan fingerprint density at radius 1 is 1.60 bits per heavy atom. The summed E-state index contributed by atoms with van der Waals surface area (Å²) in [6.45, 7) is 0. The van der Waals surface area contributed by atoms with E-state index in [0.717, 1.165) is 6.42 Å². The van der Waals surface area contributed by atoms with Crippen molar-refractivity contribution in [1.29, 1.82) is 0 Å². The van der Waals surface area contributed by atoms with E-state index >= 15 is 0 Å². The second kappa shape index (κ2) is 5.41. The summed E-state index contributed by atoms with van der Waals surface area (Å²) in [4.78, 5) is 37.3. The summed E-state index contributed by atoms with van der Waals surface area (Å²) in [6, 6.07) is 0. The molecule has 8 nitrogen and oxygen atoms in total. The van der Waals surface area contributed by atoms with E-state index in [1.54, 1.807) is 7.05 Å². The SMILES string of the molecule is Cn1[nH]c(=O)c(=O)nc1SC1CCCC(N)(C(=O)O)C1. The molecule has 0 saturated heterocycles. The summed E-state index contributed by atoms with van der Waals surface area (Å²) in [7, 11) is 1.58. The van der Waals surface area contributed by atoms with Gasteiger partial charge in [-0.1, -0.05) is 11.8 Å². The van der Waals surface area contributed by atoms with Gasteiger partial charge in [0.05, 0.1) is 0 Å². The van der Waals surface area contributed by atoms with E-state index in [4.69, 9.17) is 10.8 Å². The van der Waals surface area contributed by atoms with E-state index in [-0.39, 0.29) is 5.25 Å². The minimum Gasteiger partial charge on any atom is -0.480 e. The largest absolute Gasteiger partial charge is 0.480 e. The Morgan fingerprint density at radius 2 is 2.30 bits per heavy atom. The molecule has 1 saturated carbocycles. The summed E-state index contributed by atoms with van der Waals surface area (Å²) in [5.41, 5.74) is 3.03. The van der Waals surface area contributed by atoms with Crippen molar-refractivity contribution >= 4 is 17.7 Å². The van der Waals surface area contributed by atoms with Crippen molar-refractivity contribution in [3.8, 4) is 0 Å². The molecule has 1 aromatic rings. The van der Waals surface area contributed by atoms with Crippen LogP contribution in [0.2, 0.25) is 0 Å². The van der Waals surface area contributed by atoms with E-state index in [2.05, 4.69) is 10.1 Å². The van der Waals surface area contributed by atoms with Gasteiger partial charge in [0.25, 0.3) is 0 Å². The summed E-state index contributed by atoms with van der Waals surface area (Å²) in [6.07, 6.45) is 2.25. The van der Waals surface area contributed by atoms with Gasteiger partial charge in [-0.3, -0.25) is 24.2 Å². The molecule has 0 aromatic carbocycles. The molecule has 1 aromatic heterocycles. The van der Waals surface area contributed by atoms with E-state index in [9.17, 15) is 14.4 Å². The van der Waals surface area contributed by atoms with Gasteiger partial charge < -0.3 is 10.8 Å². The molecular weight excluding hydrogens is 284 g/mol. The number of nitrogens with one attached hydrogen (secondary N) is 1. The van der Waals surface area contributed by atoms with Crippen LogP contribution in [0.25, 0.3) is 0 Å². The third-order valence-electron chi connectivity index (χ3n) is 3.39. The molecule has 110 valence electrons. The topological polar surface area (TPSA) is 131 Å². The van der Waals surface area contributed by atoms with Gasteiger partial charge in [0.1, 0.15) is 5.54 Å². The van der Waals surface area contributed by atoms with Crippen molar-refractivity contribution in [2.45, 2.75) is 41.6 Å². The fraction of sp³-hybridized carbons (Fsp3) is 0.636. The number of aliphatic carboxylic acids is 1. The van der Waals surface area contributed by atoms with Gasteiger partial charge in [-0.25, -0.2) is 0 Å². The number of aryl methyl sites for hydroxylation is 1. The molecule has 1 heterocycles. The number of thioether (sulfide) groups is 1. The Balaban J connectivity index is 2.18. The number of nitrogens with two attached hydrogens (primary N) is 1. The van der Waals surface area contributed by atoms with Crippen LogP contribution >= 0.6 is 11.8 Å². The van der Waals surface area contributed by atoms with Crippen LogP contribution in [0, 0.1) is 0 Å². The Morgan fingerprint density at radius 3 is 2.95 bits per heavy atom. The van der Waals surface area contributed by atoms with Crippen molar-refractivity contribution < 1.29 is 9.90 Å². The quantitative estimate of drug-likeness (QED) is 0.628. The number of carbonyl (C=O) groups is 1. The lowest BCUT2D eigenvalue weighted by Gasteiger charge is -2.33. The van der Waals surface area contributed by atoms with Crippen LogP contribution in [0.5, 0.6) is 0 Å². The monoisotopic (exact) mass is 300 g/mol. The first-order chi connectivity index (χ1) is 9.32. The van der Waals surface area contributed by atoms with E-state index < -0.39 is 22.6 Å². The third-order valence-corrected chi connectivity index (χ3v) is 4.70. The Labute approximate surface area is 118 Å². The highest BCUT2D eigenvalue weighted by atomic mass is 32.2. The molecule has 1 aliphatic carbocycles. The van der Waals surface area contributed by atoms with E-state index in [1.165, 1.54) is 16.4 Å². The fourth-order valence-corrected chi connectivity index (χ4v) is 3.57. The van der Waals surface area contributed by atoms with Gasteiger partial charge >= 0.3 is 17.1 Å². The Kier molecular flexibility index (Phi) is 4.00. The fourth-order valence-electron chi connectivity index (χ4n) is 2.27. The van der Waals surface area contributed by atoms with Crippen molar-refractivity contribution in [3.05, 3.63) is 20.7 Å². The molecule has 20 heavy (non-hydrogen) atoms. The van der Waals surface area contributed by atoms with Gasteiger partial charge in [0.2, 0.25) is 0 Å². The van der Waals surface area contributed by atoms with Crippen LogP contribution in [-0.2, 0) is 11.8 Å². The first-order valence-electron chi connectivity index (χ1n) is 6.18. The van der Waals surface area contributed by atoms with Crippen molar-refractivity contribution in [2.75, 3.05) is 0 Å². The lowest BCUT2D eigenvalue weighted by molar-refractivity contribution is -0.144. The highest BCUT2D eigenvalue weighted by Gasteiger charge is 2.40. The molecule has 0 radical (unpaired) electrons. The molecule has 1 fully saturated rings. The summed E-state index contributed by atoms with van der Waals surface area (Å²) < 4.78 is 1.36. The number of aromatic nitrogens is 3. The molecule has 0 aliphatic heterocycles. The maximum atomic E-state index is 11.3. The number of hydrogen-bond acceptors (Lipinski definition) is 6. The van der Waals surface area contributed by atoms with Gasteiger partial charge in [0, 0.05) is 12.3 Å². The van der Waals surface area contributed by atoms with E-state index in [0.29, 0.717) is 24.4 Å². The number of hydrogen-bond donors (Lipinski definition) is 3. The summed E-state index contributed by atoms with van der Waals surface area (Å²) >= 11 is 1.27. The van der Waals surface area contributed by atoms with Crippen LogP contribution in [0.4, 0.5) is 0 Å². The highest BCUT2D eigenvalue weighted by Crippen LogP contribution is 2.36. The molecule has 0 spiro atoms. The number of H-pyrrole nitrogens is 1. The molecule has 1 aliphatic rings. The molecule has 2 atom stereocenters. The predicted molar refractivity (Wildman–Crippen MR) is 72.8 cm³/mol. The molecular formula is C11H16N4O4S. The van der Waals surface area contributed by atoms with Crippen molar-refractivity contribution in [2.24, 2.45) is 12.8 Å². The maximum Gasteiger partial charge on any atom is 0.339 e. The smallest absolute Gasteiger partial charge is 0.339 e. The third kappa shape index (κ3) is 2.93. The normalized spacial score (nSPS) is 26.4. The minimum absolute atomic E-state index is 0.0474.